The van der Waals surface area contributed by atoms with Crippen LogP contribution >= 0.6 is 0 Å². The van der Waals surface area contributed by atoms with E-state index in [0.717, 1.165) is 5.56 Å². The number of anilines is 1. The minimum Gasteiger partial charge on any atom is -0.484 e. The third-order valence-electron chi connectivity index (χ3n) is 3.48. The summed E-state index contributed by atoms with van der Waals surface area (Å²) in [5, 5.41) is 8.30. The van der Waals surface area contributed by atoms with E-state index in [4.69, 9.17) is 4.74 Å². The van der Waals surface area contributed by atoms with Crippen molar-refractivity contribution in [3.05, 3.63) is 60.2 Å². The molecule has 1 atom stereocenters. The highest BCUT2D eigenvalue weighted by Crippen LogP contribution is 2.18. The van der Waals surface area contributed by atoms with Gasteiger partial charge in [0.1, 0.15) is 5.75 Å². The van der Waals surface area contributed by atoms with Gasteiger partial charge >= 0.3 is 6.03 Å². The number of nitrogens with one attached hydrogen (secondary N) is 3. The van der Waals surface area contributed by atoms with Gasteiger partial charge < -0.3 is 20.7 Å². The number of hydrogen-bond acceptors (Lipinski definition) is 3. The van der Waals surface area contributed by atoms with Crippen LogP contribution < -0.4 is 20.7 Å². The first kappa shape index (κ1) is 18.3. The maximum absolute atomic E-state index is 12.1. The summed E-state index contributed by atoms with van der Waals surface area (Å²) >= 11 is 0. The summed E-state index contributed by atoms with van der Waals surface area (Å²) in [5.41, 5.74) is 1.61. The van der Waals surface area contributed by atoms with Gasteiger partial charge in [0, 0.05) is 18.3 Å². The van der Waals surface area contributed by atoms with Crippen molar-refractivity contribution in [3.63, 3.8) is 0 Å². The van der Waals surface area contributed by atoms with Crippen molar-refractivity contribution in [2.45, 2.75) is 19.9 Å². The molecule has 0 saturated heterocycles. The minimum absolute atomic E-state index is 0.0610. The second kappa shape index (κ2) is 9.32. The van der Waals surface area contributed by atoms with Gasteiger partial charge in [0.15, 0.2) is 6.61 Å². The lowest BCUT2D eigenvalue weighted by molar-refractivity contribution is -0.122. The van der Waals surface area contributed by atoms with Crippen LogP contribution in [0.1, 0.15) is 25.5 Å². The van der Waals surface area contributed by atoms with Crippen molar-refractivity contribution >= 4 is 17.6 Å². The zero-order valence-electron chi connectivity index (χ0n) is 14.4. The van der Waals surface area contributed by atoms with Gasteiger partial charge in [-0.05, 0) is 31.5 Å². The molecule has 0 unspecified atom stereocenters. The van der Waals surface area contributed by atoms with Gasteiger partial charge in [-0.1, -0.05) is 36.4 Å². The maximum Gasteiger partial charge on any atom is 0.319 e. The number of rotatable bonds is 7. The van der Waals surface area contributed by atoms with Gasteiger partial charge in [-0.15, -0.1) is 0 Å². The molecule has 3 N–H and O–H groups in total. The second-order valence-corrected chi connectivity index (χ2v) is 5.50. The molecule has 2 rings (SSSR count). The van der Waals surface area contributed by atoms with E-state index in [0.29, 0.717) is 18.0 Å². The van der Waals surface area contributed by atoms with E-state index in [9.17, 15) is 9.59 Å². The predicted octanol–water partition coefficient (Wildman–Crippen LogP) is 3.08. The minimum atomic E-state index is -0.308. The summed E-state index contributed by atoms with van der Waals surface area (Å²) in [6.07, 6.45) is 0. The first-order valence-corrected chi connectivity index (χ1v) is 8.20. The van der Waals surface area contributed by atoms with Gasteiger partial charge in [0.2, 0.25) is 0 Å². The Labute approximate surface area is 147 Å². The number of hydrogen-bond donors (Lipinski definition) is 3. The lowest BCUT2D eigenvalue weighted by Gasteiger charge is -2.15. The van der Waals surface area contributed by atoms with Gasteiger partial charge in [0.05, 0.1) is 6.04 Å². The Morgan fingerprint density at radius 1 is 1.08 bits per heavy atom. The first-order valence-electron chi connectivity index (χ1n) is 8.20. The maximum atomic E-state index is 12.1. The van der Waals surface area contributed by atoms with Crippen molar-refractivity contribution in [3.8, 4) is 5.75 Å². The van der Waals surface area contributed by atoms with E-state index in [1.54, 1.807) is 24.3 Å². The fourth-order valence-corrected chi connectivity index (χ4v) is 2.25. The Morgan fingerprint density at radius 2 is 1.84 bits per heavy atom. The monoisotopic (exact) mass is 341 g/mol. The molecule has 2 aromatic carbocycles. The molecule has 0 spiro atoms. The molecule has 0 fully saturated rings. The van der Waals surface area contributed by atoms with Crippen molar-refractivity contribution in [1.29, 1.82) is 0 Å². The Bertz CT molecular complexity index is 704. The van der Waals surface area contributed by atoms with Gasteiger partial charge in [-0.2, -0.15) is 0 Å². The van der Waals surface area contributed by atoms with E-state index in [-0.39, 0.29) is 24.6 Å². The van der Waals surface area contributed by atoms with E-state index < -0.39 is 0 Å². The molecule has 0 aliphatic carbocycles. The molecule has 6 nitrogen and oxygen atoms in total. The van der Waals surface area contributed by atoms with Crippen molar-refractivity contribution in [1.82, 2.24) is 10.6 Å². The Morgan fingerprint density at radius 3 is 2.56 bits per heavy atom. The summed E-state index contributed by atoms with van der Waals surface area (Å²) in [7, 11) is 0. The van der Waals surface area contributed by atoms with Crippen LogP contribution in [0.25, 0.3) is 0 Å². The van der Waals surface area contributed by atoms with E-state index in [2.05, 4.69) is 16.0 Å². The van der Waals surface area contributed by atoms with Crippen molar-refractivity contribution in [2.24, 2.45) is 0 Å². The standard InChI is InChI=1S/C19H23N3O3/c1-3-20-18(23)13-25-17-11-7-10-16(12-17)22-19(24)21-14(2)15-8-5-4-6-9-15/h4-12,14H,3,13H2,1-2H3,(H,20,23)(H2,21,22,24)/t14-/m0/s1. The first-order chi connectivity index (χ1) is 12.1. The van der Waals surface area contributed by atoms with Crippen LogP contribution in [0.3, 0.4) is 0 Å². The molecule has 0 bridgehead atoms. The molecule has 0 radical (unpaired) electrons. The van der Waals surface area contributed by atoms with E-state index in [1.165, 1.54) is 0 Å². The lowest BCUT2D eigenvalue weighted by atomic mass is 10.1. The SMILES string of the molecule is CCNC(=O)COc1cccc(NC(=O)N[C@@H](C)c2ccccc2)c1. The Balaban J connectivity index is 1.88. The summed E-state index contributed by atoms with van der Waals surface area (Å²) < 4.78 is 5.41. The number of urea groups is 1. The Kier molecular flexibility index (Phi) is 6.83. The zero-order valence-corrected chi connectivity index (χ0v) is 14.4. The highest BCUT2D eigenvalue weighted by Gasteiger charge is 2.09. The molecule has 0 aromatic heterocycles. The number of carbonyl (C=O) groups is 2. The van der Waals surface area contributed by atoms with Crippen molar-refractivity contribution < 1.29 is 14.3 Å². The average Bonchev–Trinajstić information content (AvgIpc) is 2.61. The summed E-state index contributed by atoms with van der Waals surface area (Å²) in [6.45, 7) is 4.26. The highest BCUT2D eigenvalue weighted by atomic mass is 16.5. The lowest BCUT2D eigenvalue weighted by Crippen LogP contribution is -2.31. The number of ether oxygens (including phenoxy) is 1. The van der Waals surface area contributed by atoms with Crippen LogP contribution in [-0.4, -0.2) is 25.1 Å². The molecule has 0 aliphatic heterocycles. The zero-order chi connectivity index (χ0) is 18.1. The molecular weight excluding hydrogens is 318 g/mol. The van der Waals surface area contributed by atoms with Gasteiger partial charge in [-0.3, -0.25) is 4.79 Å². The molecule has 0 saturated carbocycles. The third kappa shape index (κ3) is 6.18. The number of carbonyl (C=O) groups excluding carboxylic acids is 2. The highest BCUT2D eigenvalue weighted by molar-refractivity contribution is 5.89. The second-order valence-electron chi connectivity index (χ2n) is 5.50. The fraction of sp³-hybridized carbons (Fsp3) is 0.263. The smallest absolute Gasteiger partial charge is 0.319 e. The number of benzene rings is 2. The molecule has 2 aromatic rings. The summed E-state index contributed by atoms with van der Waals surface area (Å²) in [6, 6.07) is 16.2. The van der Waals surface area contributed by atoms with Gasteiger partial charge in [0.25, 0.3) is 5.91 Å². The largest absolute Gasteiger partial charge is 0.484 e. The summed E-state index contributed by atoms with van der Waals surface area (Å²) in [5.74, 6) is 0.329. The normalized spacial score (nSPS) is 11.3. The van der Waals surface area contributed by atoms with Crippen LogP contribution in [0.5, 0.6) is 5.75 Å². The van der Waals surface area contributed by atoms with Crippen LogP contribution in [0.2, 0.25) is 0 Å². The molecule has 25 heavy (non-hydrogen) atoms. The van der Waals surface area contributed by atoms with Gasteiger partial charge in [-0.25, -0.2) is 4.79 Å². The quantitative estimate of drug-likeness (QED) is 0.724. The van der Waals surface area contributed by atoms with Crippen molar-refractivity contribution in [2.75, 3.05) is 18.5 Å². The van der Waals surface area contributed by atoms with Crippen LogP contribution in [0.15, 0.2) is 54.6 Å². The molecule has 132 valence electrons. The number of amides is 3. The molecule has 0 aliphatic rings. The van der Waals surface area contributed by atoms with Crippen LogP contribution in [0.4, 0.5) is 10.5 Å². The van der Waals surface area contributed by atoms with Crippen LogP contribution in [-0.2, 0) is 4.79 Å². The summed E-state index contributed by atoms with van der Waals surface area (Å²) in [4.78, 5) is 23.6. The molecule has 6 heteroatoms. The average molecular weight is 341 g/mol. The molecule has 3 amide bonds. The third-order valence-corrected chi connectivity index (χ3v) is 3.48. The van der Waals surface area contributed by atoms with E-state index >= 15 is 0 Å². The fourth-order valence-electron chi connectivity index (χ4n) is 2.25. The molecular formula is C19H23N3O3. The molecule has 0 heterocycles. The number of likely N-dealkylation sites (N-methyl/N-ethyl adjacent to an activating group) is 1. The van der Waals surface area contributed by atoms with E-state index in [1.807, 2.05) is 44.2 Å². The Hall–Kier alpha value is -3.02. The van der Waals surface area contributed by atoms with Crippen LogP contribution in [0, 0.1) is 0 Å². The topological polar surface area (TPSA) is 79.5 Å². The predicted molar refractivity (Wildman–Crippen MR) is 97.6 cm³/mol.